The number of phenols is 1. The molecule has 0 unspecified atom stereocenters. The number of carbonyl (C=O) groups is 1. The number of hydrogen-bond donors (Lipinski definition) is 2. The van der Waals surface area contributed by atoms with Crippen molar-refractivity contribution in [1.29, 1.82) is 0 Å². The molecule has 0 spiro atoms. The standard InChI is InChI=1S/C13H18N2O3/c1-10-3-2-4-11(12(10)16)9-14-5-7-15(8-6-14)13(17)18/h2-4,16H,5-9H2,1H3,(H,17,18). The lowest BCUT2D eigenvalue weighted by molar-refractivity contribution is 0.102. The number of rotatable bonds is 2. The first-order chi connectivity index (χ1) is 8.58. The van der Waals surface area contributed by atoms with E-state index in [2.05, 4.69) is 4.90 Å². The van der Waals surface area contributed by atoms with E-state index in [1.807, 2.05) is 25.1 Å². The third kappa shape index (κ3) is 2.73. The zero-order chi connectivity index (χ0) is 13.1. The van der Waals surface area contributed by atoms with Crippen LogP contribution in [0.4, 0.5) is 4.79 Å². The molecule has 0 aliphatic carbocycles. The van der Waals surface area contributed by atoms with E-state index in [1.54, 1.807) is 0 Å². The molecular formula is C13H18N2O3. The quantitative estimate of drug-likeness (QED) is 0.835. The highest BCUT2D eigenvalue weighted by atomic mass is 16.4. The van der Waals surface area contributed by atoms with Crippen molar-refractivity contribution in [3.8, 4) is 5.75 Å². The highest BCUT2D eigenvalue weighted by molar-refractivity contribution is 5.65. The fourth-order valence-corrected chi connectivity index (χ4v) is 2.19. The Morgan fingerprint density at radius 1 is 1.28 bits per heavy atom. The van der Waals surface area contributed by atoms with Gasteiger partial charge < -0.3 is 15.1 Å². The second kappa shape index (κ2) is 5.27. The van der Waals surface area contributed by atoms with E-state index in [-0.39, 0.29) is 0 Å². The summed E-state index contributed by atoms with van der Waals surface area (Å²) in [5, 5.41) is 18.8. The molecule has 1 amide bonds. The maximum Gasteiger partial charge on any atom is 0.407 e. The number of benzene rings is 1. The Labute approximate surface area is 106 Å². The number of aromatic hydroxyl groups is 1. The number of phenolic OH excluding ortho intramolecular Hbond substituents is 1. The van der Waals surface area contributed by atoms with Gasteiger partial charge in [-0.2, -0.15) is 0 Å². The predicted octanol–water partition coefficient (Wildman–Crippen LogP) is 1.50. The van der Waals surface area contributed by atoms with Crippen LogP contribution in [0, 0.1) is 6.92 Å². The SMILES string of the molecule is Cc1cccc(CN2CCN(C(=O)O)CC2)c1O. The summed E-state index contributed by atoms with van der Waals surface area (Å²) in [4.78, 5) is 14.4. The Morgan fingerprint density at radius 3 is 2.56 bits per heavy atom. The van der Waals surface area contributed by atoms with Crippen LogP contribution < -0.4 is 0 Å². The molecule has 0 atom stereocenters. The summed E-state index contributed by atoms with van der Waals surface area (Å²) in [6.45, 7) is 5.02. The van der Waals surface area contributed by atoms with Gasteiger partial charge >= 0.3 is 6.09 Å². The molecule has 0 aromatic heterocycles. The van der Waals surface area contributed by atoms with Gasteiger partial charge in [0, 0.05) is 38.3 Å². The van der Waals surface area contributed by atoms with E-state index < -0.39 is 6.09 Å². The van der Waals surface area contributed by atoms with Crippen molar-refractivity contribution in [3.63, 3.8) is 0 Å². The molecule has 0 radical (unpaired) electrons. The van der Waals surface area contributed by atoms with Crippen molar-refractivity contribution in [1.82, 2.24) is 9.80 Å². The maximum atomic E-state index is 10.8. The van der Waals surface area contributed by atoms with Crippen LogP contribution in [0.2, 0.25) is 0 Å². The van der Waals surface area contributed by atoms with Gasteiger partial charge in [0.2, 0.25) is 0 Å². The highest BCUT2D eigenvalue weighted by Crippen LogP contribution is 2.23. The molecule has 1 aliphatic rings. The van der Waals surface area contributed by atoms with Crippen LogP contribution in [0.5, 0.6) is 5.75 Å². The van der Waals surface area contributed by atoms with Crippen LogP contribution >= 0.6 is 0 Å². The van der Waals surface area contributed by atoms with Crippen LogP contribution in [-0.2, 0) is 6.54 Å². The van der Waals surface area contributed by atoms with Crippen LogP contribution in [0.3, 0.4) is 0 Å². The monoisotopic (exact) mass is 250 g/mol. The van der Waals surface area contributed by atoms with Gasteiger partial charge in [-0.3, -0.25) is 4.90 Å². The van der Waals surface area contributed by atoms with Crippen LogP contribution in [0.25, 0.3) is 0 Å². The fraction of sp³-hybridized carbons (Fsp3) is 0.462. The summed E-state index contributed by atoms with van der Waals surface area (Å²) in [6, 6.07) is 5.71. The minimum Gasteiger partial charge on any atom is -0.507 e. The van der Waals surface area contributed by atoms with Gasteiger partial charge in [0.25, 0.3) is 0 Å². The van der Waals surface area contributed by atoms with E-state index in [4.69, 9.17) is 5.11 Å². The third-order valence-corrected chi connectivity index (χ3v) is 3.36. The average molecular weight is 250 g/mol. The summed E-state index contributed by atoms with van der Waals surface area (Å²) in [6.07, 6.45) is -0.854. The number of carboxylic acid groups (broad SMARTS) is 1. The van der Waals surface area contributed by atoms with Gasteiger partial charge in [0.15, 0.2) is 0 Å². The molecule has 2 N–H and O–H groups in total. The zero-order valence-corrected chi connectivity index (χ0v) is 10.5. The van der Waals surface area contributed by atoms with Gasteiger partial charge in [-0.25, -0.2) is 4.79 Å². The molecule has 1 fully saturated rings. The van der Waals surface area contributed by atoms with Crippen LogP contribution in [0.1, 0.15) is 11.1 Å². The Morgan fingerprint density at radius 2 is 1.94 bits per heavy atom. The molecule has 1 saturated heterocycles. The second-order valence-electron chi connectivity index (χ2n) is 4.63. The Balaban J connectivity index is 1.96. The summed E-state index contributed by atoms with van der Waals surface area (Å²) in [5.41, 5.74) is 1.77. The van der Waals surface area contributed by atoms with Gasteiger partial charge in [0.1, 0.15) is 5.75 Å². The van der Waals surface area contributed by atoms with Crippen molar-refractivity contribution in [2.24, 2.45) is 0 Å². The fourth-order valence-electron chi connectivity index (χ4n) is 2.19. The normalized spacial score (nSPS) is 16.8. The summed E-state index contributed by atoms with van der Waals surface area (Å²) < 4.78 is 0. The van der Waals surface area contributed by atoms with E-state index in [0.717, 1.165) is 11.1 Å². The lowest BCUT2D eigenvalue weighted by Gasteiger charge is -2.33. The molecule has 5 nitrogen and oxygen atoms in total. The molecule has 1 aliphatic heterocycles. The Hall–Kier alpha value is -1.75. The largest absolute Gasteiger partial charge is 0.507 e. The average Bonchev–Trinajstić information content (AvgIpc) is 2.36. The first kappa shape index (κ1) is 12.7. The first-order valence-corrected chi connectivity index (χ1v) is 6.05. The maximum absolute atomic E-state index is 10.8. The van der Waals surface area contributed by atoms with Crippen molar-refractivity contribution < 1.29 is 15.0 Å². The van der Waals surface area contributed by atoms with Gasteiger partial charge in [-0.1, -0.05) is 18.2 Å². The molecule has 1 aromatic carbocycles. The van der Waals surface area contributed by atoms with Crippen molar-refractivity contribution >= 4 is 6.09 Å². The molecule has 18 heavy (non-hydrogen) atoms. The second-order valence-corrected chi connectivity index (χ2v) is 4.63. The Bertz CT molecular complexity index is 440. The molecule has 98 valence electrons. The number of hydrogen-bond acceptors (Lipinski definition) is 3. The summed E-state index contributed by atoms with van der Waals surface area (Å²) in [5.74, 6) is 0.346. The van der Waals surface area contributed by atoms with Crippen molar-refractivity contribution in [2.45, 2.75) is 13.5 Å². The molecule has 0 bridgehead atoms. The van der Waals surface area contributed by atoms with Crippen LogP contribution in [0.15, 0.2) is 18.2 Å². The predicted molar refractivity (Wildman–Crippen MR) is 67.7 cm³/mol. The molecule has 2 rings (SSSR count). The number of aryl methyl sites for hydroxylation is 1. The Kier molecular flexibility index (Phi) is 3.72. The van der Waals surface area contributed by atoms with Crippen molar-refractivity contribution in [2.75, 3.05) is 26.2 Å². The van der Waals surface area contributed by atoms with Crippen molar-refractivity contribution in [3.05, 3.63) is 29.3 Å². The molecule has 1 aromatic rings. The number of amides is 1. The van der Waals surface area contributed by atoms with Gasteiger partial charge in [0.05, 0.1) is 0 Å². The first-order valence-electron chi connectivity index (χ1n) is 6.05. The highest BCUT2D eigenvalue weighted by Gasteiger charge is 2.20. The molecule has 0 saturated carbocycles. The smallest absolute Gasteiger partial charge is 0.407 e. The van der Waals surface area contributed by atoms with Gasteiger partial charge in [-0.15, -0.1) is 0 Å². The van der Waals surface area contributed by atoms with E-state index in [1.165, 1.54) is 4.90 Å². The third-order valence-electron chi connectivity index (χ3n) is 3.36. The number of para-hydroxylation sites is 1. The lowest BCUT2D eigenvalue weighted by atomic mass is 10.1. The molecular weight excluding hydrogens is 232 g/mol. The van der Waals surface area contributed by atoms with E-state index >= 15 is 0 Å². The number of piperazine rings is 1. The van der Waals surface area contributed by atoms with E-state index in [0.29, 0.717) is 38.5 Å². The molecule has 5 heteroatoms. The van der Waals surface area contributed by atoms with Gasteiger partial charge in [-0.05, 0) is 12.5 Å². The summed E-state index contributed by atoms with van der Waals surface area (Å²) >= 11 is 0. The van der Waals surface area contributed by atoms with Crippen LogP contribution in [-0.4, -0.2) is 52.3 Å². The lowest BCUT2D eigenvalue weighted by Crippen LogP contribution is -2.47. The molecule has 1 heterocycles. The minimum absolute atomic E-state index is 0.346. The van der Waals surface area contributed by atoms with E-state index in [9.17, 15) is 9.90 Å². The minimum atomic E-state index is -0.854. The summed E-state index contributed by atoms with van der Waals surface area (Å²) in [7, 11) is 0. The zero-order valence-electron chi connectivity index (χ0n) is 10.5. The number of nitrogens with zero attached hydrogens (tertiary/aromatic N) is 2. The topological polar surface area (TPSA) is 64.0 Å².